The van der Waals surface area contributed by atoms with Crippen molar-refractivity contribution in [2.75, 3.05) is 26.9 Å². The lowest BCUT2D eigenvalue weighted by Crippen LogP contribution is -2.52. The van der Waals surface area contributed by atoms with E-state index in [2.05, 4.69) is 0 Å². The normalized spacial score (nSPS) is 24.9. The number of nitrogens with zero attached hydrogens (tertiary/aromatic N) is 1. The number of morpholine rings is 1. The Morgan fingerprint density at radius 2 is 2.17 bits per heavy atom. The molecule has 2 unspecified atom stereocenters. The molecule has 2 atom stereocenters. The van der Waals surface area contributed by atoms with E-state index in [9.17, 15) is 4.79 Å². The quantitative estimate of drug-likeness (QED) is 0.733. The number of benzene rings is 1. The van der Waals surface area contributed by atoms with Gasteiger partial charge in [-0.3, -0.25) is 4.90 Å². The molecule has 4 heteroatoms. The van der Waals surface area contributed by atoms with E-state index < -0.39 is 0 Å². The first kappa shape index (κ1) is 13.2. The first-order valence-corrected chi connectivity index (χ1v) is 6.18. The second-order valence-electron chi connectivity index (χ2n) is 4.56. The predicted molar refractivity (Wildman–Crippen MR) is 68.3 cm³/mol. The molecule has 2 rings (SSSR count). The Bertz CT molecular complexity index is 369. The number of ether oxygens (including phenoxy) is 2. The molecule has 1 aromatic carbocycles. The Morgan fingerprint density at radius 3 is 2.89 bits per heavy atom. The van der Waals surface area contributed by atoms with Gasteiger partial charge in [0.05, 0.1) is 38.5 Å². The minimum Gasteiger partial charge on any atom is -0.378 e. The molecular weight excluding hydrogens is 230 g/mol. The molecule has 1 aliphatic heterocycles. The topological polar surface area (TPSA) is 38.8 Å². The zero-order chi connectivity index (χ0) is 12.8. The minimum atomic E-state index is -0.149. The summed E-state index contributed by atoms with van der Waals surface area (Å²) >= 11 is 0. The van der Waals surface area contributed by atoms with Gasteiger partial charge in [-0.1, -0.05) is 30.3 Å². The third-order valence-electron chi connectivity index (χ3n) is 3.28. The molecule has 4 nitrogen and oxygen atoms in total. The Balaban J connectivity index is 1.77. The van der Waals surface area contributed by atoms with Gasteiger partial charge in [0.2, 0.25) is 0 Å². The van der Waals surface area contributed by atoms with Crippen LogP contribution in [-0.2, 0) is 20.9 Å². The van der Waals surface area contributed by atoms with Gasteiger partial charge >= 0.3 is 0 Å². The third kappa shape index (κ3) is 3.38. The summed E-state index contributed by atoms with van der Waals surface area (Å²) < 4.78 is 11.1. The van der Waals surface area contributed by atoms with Gasteiger partial charge in [0.15, 0.2) is 0 Å². The van der Waals surface area contributed by atoms with Gasteiger partial charge in [0, 0.05) is 0 Å². The zero-order valence-electron chi connectivity index (χ0n) is 10.6. The molecule has 1 aliphatic rings. The Labute approximate surface area is 107 Å². The summed E-state index contributed by atoms with van der Waals surface area (Å²) in [5.41, 5.74) is 1.16. The van der Waals surface area contributed by atoms with E-state index in [0.29, 0.717) is 26.4 Å². The van der Waals surface area contributed by atoms with Crippen molar-refractivity contribution in [3.8, 4) is 0 Å². The van der Waals surface area contributed by atoms with Gasteiger partial charge < -0.3 is 14.3 Å². The first-order valence-electron chi connectivity index (χ1n) is 6.18. The summed E-state index contributed by atoms with van der Waals surface area (Å²) in [6, 6.07) is 10.1. The Kier molecular flexibility index (Phi) is 4.87. The van der Waals surface area contributed by atoms with E-state index in [1.807, 2.05) is 42.3 Å². The average molecular weight is 249 g/mol. The molecule has 1 aromatic rings. The highest BCUT2D eigenvalue weighted by Gasteiger charge is 2.27. The van der Waals surface area contributed by atoms with Crippen LogP contribution >= 0.6 is 0 Å². The van der Waals surface area contributed by atoms with E-state index in [0.717, 1.165) is 11.8 Å². The van der Waals surface area contributed by atoms with Crippen molar-refractivity contribution in [3.05, 3.63) is 35.9 Å². The van der Waals surface area contributed by atoms with Crippen LogP contribution in [0.5, 0.6) is 0 Å². The number of carbonyl (C=O) groups is 1. The highest BCUT2D eigenvalue weighted by Crippen LogP contribution is 2.11. The molecular formula is C14H19NO3. The van der Waals surface area contributed by atoms with Gasteiger partial charge in [-0.05, 0) is 12.6 Å². The maximum Gasteiger partial charge on any atom is 0.139 e. The molecule has 0 aromatic heterocycles. The van der Waals surface area contributed by atoms with Crippen LogP contribution in [-0.4, -0.2) is 50.1 Å². The number of hydrogen-bond acceptors (Lipinski definition) is 4. The molecule has 0 amide bonds. The van der Waals surface area contributed by atoms with Crippen molar-refractivity contribution >= 4 is 6.29 Å². The predicted octanol–water partition coefficient (Wildman–Crippen LogP) is 1.10. The Hall–Kier alpha value is -1.23. The Morgan fingerprint density at radius 1 is 1.39 bits per heavy atom. The monoisotopic (exact) mass is 249 g/mol. The maximum absolute atomic E-state index is 10.8. The van der Waals surface area contributed by atoms with Crippen molar-refractivity contribution in [2.24, 2.45) is 0 Å². The lowest BCUT2D eigenvalue weighted by atomic mass is 10.2. The van der Waals surface area contributed by atoms with E-state index in [1.54, 1.807) is 0 Å². The van der Waals surface area contributed by atoms with E-state index in [1.165, 1.54) is 0 Å². The summed E-state index contributed by atoms with van der Waals surface area (Å²) in [5, 5.41) is 0. The summed E-state index contributed by atoms with van der Waals surface area (Å²) in [4.78, 5) is 12.9. The standard InChI is InChI=1S/C14H19NO3/c1-15-13(7-16)9-18-11-14(15)10-17-8-12-5-3-2-4-6-12/h2-7,13-14H,8-11H2,1H3. The van der Waals surface area contributed by atoms with Gasteiger partial charge in [-0.15, -0.1) is 0 Å². The molecule has 0 bridgehead atoms. The summed E-state index contributed by atoms with van der Waals surface area (Å²) in [6.07, 6.45) is 0.934. The van der Waals surface area contributed by atoms with Crippen LogP contribution in [0.1, 0.15) is 5.56 Å². The molecule has 1 saturated heterocycles. The first-order chi connectivity index (χ1) is 8.81. The molecule has 1 fully saturated rings. The second-order valence-corrected chi connectivity index (χ2v) is 4.56. The van der Waals surface area contributed by atoms with Crippen LogP contribution in [0.3, 0.4) is 0 Å². The van der Waals surface area contributed by atoms with Crippen molar-refractivity contribution in [1.82, 2.24) is 4.90 Å². The zero-order valence-corrected chi connectivity index (χ0v) is 10.6. The maximum atomic E-state index is 10.8. The fourth-order valence-electron chi connectivity index (χ4n) is 2.02. The number of carbonyl (C=O) groups excluding carboxylic acids is 1. The van der Waals surface area contributed by atoms with E-state index in [-0.39, 0.29) is 12.1 Å². The molecule has 0 radical (unpaired) electrons. The van der Waals surface area contributed by atoms with Crippen LogP contribution in [0.15, 0.2) is 30.3 Å². The van der Waals surface area contributed by atoms with Crippen molar-refractivity contribution in [1.29, 1.82) is 0 Å². The molecule has 18 heavy (non-hydrogen) atoms. The number of hydrogen-bond donors (Lipinski definition) is 0. The molecule has 0 spiro atoms. The number of likely N-dealkylation sites (N-methyl/N-ethyl adjacent to an activating group) is 1. The summed E-state index contributed by atoms with van der Waals surface area (Å²) in [7, 11) is 1.94. The van der Waals surface area contributed by atoms with Crippen LogP contribution in [0, 0.1) is 0 Å². The lowest BCUT2D eigenvalue weighted by Gasteiger charge is -2.36. The second kappa shape index (κ2) is 6.64. The number of rotatable bonds is 5. The largest absolute Gasteiger partial charge is 0.378 e. The molecule has 0 aliphatic carbocycles. The summed E-state index contributed by atoms with van der Waals surface area (Å²) in [6.45, 7) is 2.28. The van der Waals surface area contributed by atoms with Crippen LogP contribution in [0.4, 0.5) is 0 Å². The van der Waals surface area contributed by atoms with E-state index >= 15 is 0 Å². The van der Waals surface area contributed by atoms with Gasteiger partial charge in [-0.25, -0.2) is 0 Å². The highest BCUT2D eigenvalue weighted by molar-refractivity contribution is 5.58. The number of aldehydes is 1. The van der Waals surface area contributed by atoms with Crippen molar-refractivity contribution in [2.45, 2.75) is 18.7 Å². The fourth-order valence-corrected chi connectivity index (χ4v) is 2.02. The fraction of sp³-hybridized carbons (Fsp3) is 0.500. The molecule has 1 heterocycles. The average Bonchev–Trinajstić information content (AvgIpc) is 2.42. The lowest BCUT2D eigenvalue weighted by molar-refractivity contribution is -0.123. The van der Waals surface area contributed by atoms with Gasteiger partial charge in [0.25, 0.3) is 0 Å². The van der Waals surface area contributed by atoms with Crippen LogP contribution in [0.25, 0.3) is 0 Å². The van der Waals surface area contributed by atoms with Crippen molar-refractivity contribution < 1.29 is 14.3 Å². The van der Waals surface area contributed by atoms with Gasteiger partial charge in [0.1, 0.15) is 6.29 Å². The van der Waals surface area contributed by atoms with Gasteiger partial charge in [-0.2, -0.15) is 0 Å². The van der Waals surface area contributed by atoms with Crippen molar-refractivity contribution in [3.63, 3.8) is 0 Å². The van der Waals surface area contributed by atoms with Crippen LogP contribution < -0.4 is 0 Å². The molecule has 98 valence electrons. The highest BCUT2D eigenvalue weighted by atomic mass is 16.5. The summed E-state index contributed by atoms with van der Waals surface area (Å²) in [5.74, 6) is 0. The SMILES string of the molecule is CN1C(C=O)COCC1COCc1ccccc1. The van der Waals surface area contributed by atoms with Crippen LogP contribution in [0.2, 0.25) is 0 Å². The smallest absolute Gasteiger partial charge is 0.139 e. The van der Waals surface area contributed by atoms with E-state index in [4.69, 9.17) is 9.47 Å². The third-order valence-corrected chi connectivity index (χ3v) is 3.28. The molecule has 0 saturated carbocycles. The molecule has 0 N–H and O–H groups in total. The minimum absolute atomic E-state index is 0.149.